The molecule has 7 nitrogen and oxygen atoms in total. The van der Waals surface area contributed by atoms with E-state index < -0.39 is 6.04 Å². The number of ether oxygens (including phenoxy) is 1. The van der Waals surface area contributed by atoms with E-state index >= 15 is 0 Å². The fourth-order valence-electron chi connectivity index (χ4n) is 3.92. The van der Waals surface area contributed by atoms with Crippen LogP contribution >= 0.6 is 0 Å². The summed E-state index contributed by atoms with van der Waals surface area (Å²) in [6, 6.07) is 6.29. The van der Waals surface area contributed by atoms with Gasteiger partial charge in [0.15, 0.2) is 0 Å². The summed E-state index contributed by atoms with van der Waals surface area (Å²) in [6.45, 7) is 10.1. The lowest BCUT2D eigenvalue weighted by atomic mass is 9.87. The Labute approximate surface area is 179 Å². The van der Waals surface area contributed by atoms with Crippen LogP contribution in [0.25, 0.3) is 0 Å². The Morgan fingerprint density at radius 2 is 1.80 bits per heavy atom. The molecule has 0 aliphatic carbocycles. The molecule has 1 aliphatic heterocycles. The molecule has 0 bridgehead atoms. The Hall–Kier alpha value is -2.57. The van der Waals surface area contributed by atoms with Crippen LogP contribution < -0.4 is 10.1 Å². The van der Waals surface area contributed by atoms with E-state index in [-0.39, 0.29) is 29.6 Å². The number of amides is 3. The number of nitrogens with one attached hydrogen (secondary N) is 1. The predicted octanol–water partition coefficient (Wildman–Crippen LogP) is 2.56. The van der Waals surface area contributed by atoms with E-state index in [2.05, 4.69) is 5.32 Å². The molecule has 30 heavy (non-hydrogen) atoms. The molecule has 1 aromatic carbocycles. The van der Waals surface area contributed by atoms with Gasteiger partial charge in [-0.05, 0) is 50.8 Å². The number of benzene rings is 1. The maximum absolute atomic E-state index is 13.2. The molecule has 0 aromatic heterocycles. The van der Waals surface area contributed by atoms with Crippen LogP contribution in [0.3, 0.4) is 0 Å². The van der Waals surface area contributed by atoms with Crippen molar-refractivity contribution < 1.29 is 19.1 Å². The number of nitrogens with zero attached hydrogens (tertiary/aromatic N) is 2. The van der Waals surface area contributed by atoms with Crippen molar-refractivity contribution in [1.82, 2.24) is 15.1 Å². The van der Waals surface area contributed by atoms with E-state index in [0.29, 0.717) is 50.3 Å². The van der Waals surface area contributed by atoms with Gasteiger partial charge in [-0.1, -0.05) is 19.9 Å². The first-order valence-corrected chi connectivity index (χ1v) is 10.8. The third kappa shape index (κ3) is 5.74. The average molecular weight is 418 g/mol. The Morgan fingerprint density at radius 3 is 2.33 bits per heavy atom. The second kappa shape index (κ2) is 11.0. The number of hydrogen-bond donors (Lipinski definition) is 1. The highest BCUT2D eigenvalue weighted by molar-refractivity contribution is 5.98. The molecule has 1 saturated heterocycles. The quantitative estimate of drug-likeness (QED) is 0.705. The minimum Gasteiger partial charge on any atom is -0.497 e. The maximum Gasteiger partial charge on any atom is 0.252 e. The summed E-state index contributed by atoms with van der Waals surface area (Å²) in [5.41, 5.74) is 0.458. The van der Waals surface area contributed by atoms with Crippen molar-refractivity contribution in [3.05, 3.63) is 29.8 Å². The van der Waals surface area contributed by atoms with Crippen molar-refractivity contribution >= 4 is 17.7 Å². The molecule has 1 aliphatic rings. The zero-order valence-corrected chi connectivity index (χ0v) is 18.8. The molecule has 1 heterocycles. The summed E-state index contributed by atoms with van der Waals surface area (Å²) in [5, 5.41) is 2.98. The van der Waals surface area contributed by atoms with Crippen LogP contribution in [0.1, 0.15) is 50.9 Å². The molecule has 166 valence electrons. The van der Waals surface area contributed by atoms with Gasteiger partial charge >= 0.3 is 0 Å². The van der Waals surface area contributed by atoms with Crippen molar-refractivity contribution in [2.75, 3.05) is 33.3 Å². The standard InChI is InChI=1S/C23H35N3O4/c1-6-25(7-2)23(29)20(17-11-13-26(14-12-17)22(28)16(3)4)24-21(27)18-9-8-10-19(15-18)30-5/h8-10,15-17,20H,6-7,11-14H2,1-5H3,(H,24,27)/t20-/m0/s1. The van der Waals surface area contributed by atoms with Crippen LogP contribution in [0.5, 0.6) is 5.75 Å². The van der Waals surface area contributed by atoms with Gasteiger partial charge in [0.05, 0.1) is 7.11 Å². The molecule has 3 amide bonds. The van der Waals surface area contributed by atoms with E-state index in [1.54, 1.807) is 36.3 Å². The SMILES string of the molecule is CCN(CC)C(=O)[C@@H](NC(=O)c1cccc(OC)c1)C1CCN(C(=O)C(C)C)CC1. The van der Waals surface area contributed by atoms with Crippen molar-refractivity contribution in [2.24, 2.45) is 11.8 Å². The monoisotopic (exact) mass is 417 g/mol. The second-order valence-corrected chi connectivity index (χ2v) is 8.01. The number of methoxy groups -OCH3 is 1. The fraction of sp³-hybridized carbons (Fsp3) is 0.609. The normalized spacial score (nSPS) is 15.6. The predicted molar refractivity (Wildman–Crippen MR) is 116 cm³/mol. The molecule has 7 heteroatoms. The molecule has 1 atom stereocenters. The van der Waals surface area contributed by atoms with Crippen LogP contribution in [-0.2, 0) is 9.59 Å². The van der Waals surface area contributed by atoms with E-state index in [0.717, 1.165) is 0 Å². The number of carbonyl (C=O) groups is 3. The number of likely N-dealkylation sites (tertiary alicyclic amines) is 1. The van der Waals surface area contributed by atoms with Gasteiger partial charge in [-0.25, -0.2) is 0 Å². The minimum absolute atomic E-state index is 0.0103. The van der Waals surface area contributed by atoms with Crippen LogP contribution in [-0.4, -0.2) is 66.9 Å². The third-order valence-electron chi connectivity index (χ3n) is 5.78. The number of rotatable bonds is 8. The third-order valence-corrected chi connectivity index (χ3v) is 5.78. The zero-order valence-electron chi connectivity index (χ0n) is 18.8. The Balaban J connectivity index is 2.18. The van der Waals surface area contributed by atoms with Crippen LogP contribution in [0.4, 0.5) is 0 Å². The van der Waals surface area contributed by atoms with E-state index in [1.165, 1.54) is 0 Å². The van der Waals surface area contributed by atoms with Crippen molar-refractivity contribution in [3.63, 3.8) is 0 Å². The molecule has 0 radical (unpaired) electrons. The van der Waals surface area contributed by atoms with Crippen LogP contribution in [0, 0.1) is 11.8 Å². The van der Waals surface area contributed by atoms with E-state index in [4.69, 9.17) is 4.74 Å². The second-order valence-electron chi connectivity index (χ2n) is 8.01. The van der Waals surface area contributed by atoms with E-state index in [9.17, 15) is 14.4 Å². The molecule has 1 fully saturated rings. The lowest BCUT2D eigenvalue weighted by molar-refractivity contribution is -0.137. The summed E-state index contributed by atoms with van der Waals surface area (Å²) in [5.74, 6) is 0.325. The van der Waals surface area contributed by atoms with Crippen LogP contribution in [0.2, 0.25) is 0 Å². The highest BCUT2D eigenvalue weighted by atomic mass is 16.5. The highest BCUT2D eigenvalue weighted by Crippen LogP contribution is 2.24. The Kier molecular flexibility index (Phi) is 8.69. The molecule has 2 rings (SSSR count). The molecule has 0 spiro atoms. The van der Waals surface area contributed by atoms with Gasteiger partial charge in [0.1, 0.15) is 11.8 Å². The number of hydrogen-bond acceptors (Lipinski definition) is 4. The fourth-order valence-corrected chi connectivity index (χ4v) is 3.92. The number of piperidine rings is 1. The van der Waals surface area contributed by atoms with Gasteiger partial charge in [-0.3, -0.25) is 14.4 Å². The Bertz CT molecular complexity index is 738. The maximum atomic E-state index is 13.2. The summed E-state index contributed by atoms with van der Waals surface area (Å²) in [6.07, 6.45) is 1.38. The molecule has 0 unspecified atom stereocenters. The summed E-state index contributed by atoms with van der Waals surface area (Å²) in [4.78, 5) is 42.1. The molecular weight excluding hydrogens is 382 g/mol. The van der Waals surface area contributed by atoms with Gasteiger partial charge in [0.25, 0.3) is 5.91 Å². The average Bonchev–Trinajstić information content (AvgIpc) is 2.77. The van der Waals surface area contributed by atoms with Crippen molar-refractivity contribution in [3.8, 4) is 5.75 Å². The van der Waals surface area contributed by atoms with Gasteiger partial charge in [-0.2, -0.15) is 0 Å². The topological polar surface area (TPSA) is 79.0 Å². The highest BCUT2D eigenvalue weighted by Gasteiger charge is 2.35. The number of likely N-dealkylation sites (N-methyl/N-ethyl adjacent to an activating group) is 1. The summed E-state index contributed by atoms with van der Waals surface area (Å²) < 4.78 is 5.21. The Morgan fingerprint density at radius 1 is 1.17 bits per heavy atom. The zero-order chi connectivity index (χ0) is 22.3. The van der Waals surface area contributed by atoms with Crippen molar-refractivity contribution in [2.45, 2.75) is 46.6 Å². The van der Waals surface area contributed by atoms with Crippen molar-refractivity contribution in [1.29, 1.82) is 0 Å². The first-order chi connectivity index (χ1) is 14.3. The first kappa shape index (κ1) is 23.7. The van der Waals surface area contributed by atoms with E-state index in [1.807, 2.05) is 32.6 Å². The molecule has 1 aromatic rings. The molecule has 1 N–H and O–H groups in total. The lowest BCUT2D eigenvalue weighted by Gasteiger charge is -2.38. The van der Waals surface area contributed by atoms with Gasteiger partial charge in [-0.15, -0.1) is 0 Å². The largest absolute Gasteiger partial charge is 0.497 e. The molecule has 0 saturated carbocycles. The number of carbonyl (C=O) groups excluding carboxylic acids is 3. The minimum atomic E-state index is -0.611. The first-order valence-electron chi connectivity index (χ1n) is 10.8. The summed E-state index contributed by atoms with van der Waals surface area (Å²) in [7, 11) is 1.55. The van der Waals surface area contributed by atoms with Gasteiger partial charge in [0.2, 0.25) is 11.8 Å². The summed E-state index contributed by atoms with van der Waals surface area (Å²) >= 11 is 0. The van der Waals surface area contributed by atoms with Crippen LogP contribution in [0.15, 0.2) is 24.3 Å². The van der Waals surface area contributed by atoms with Gasteiger partial charge < -0.3 is 19.9 Å². The molecular formula is C23H35N3O4. The van der Waals surface area contributed by atoms with Gasteiger partial charge in [0, 0.05) is 37.7 Å². The smallest absolute Gasteiger partial charge is 0.252 e. The lowest BCUT2D eigenvalue weighted by Crippen LogP contribution is -2.55.